The van der Waals surface area contributed by atoms with Gasteiger partial charge in [-0.25, -0.2) is 5.43 Å². The van der Waals surface area contributed by atoms with E-state index in [9.17, 15) is 19.2 Å². The molecule has 0 radical (unpaired) electrons. The molecule has 0 unspecified atom stereocenters. The first-order valence-electron chi connectivity index (χ1n) is 10.6. The number of furan rings is 1. The fraction of sp³-hybridized carbons (Fsp3) is 0.125. The molecule has 3 rings (SSSR count). The van der Waals surface area contributed by atoms with Gasteiger partial charge in [0.25, 0.3) is 0 Å². The van der Waals surface area contributed by atoms with Crippen LogP contribution >= 0.6 is 23.2 Å². The third kappa shape index (κ3) is 8.67. The van der Waals surface area contributed by atoms with Crippen molar-refractivity contribution in [3.63, 3.8) is 0 Å². The number of methoxy groups -OCH3 is 1. The second-order valence-electron chi connectivity index (χ2n) is 7.33. The molecule has 0 bridgehead atoms. The minimum absolute atomic E-state index is 0.0868. The van der Waals surface area contributed by atoms with E-state index in [1.54, 1.807) is 37.4 Å². The molecule has 0 aliphatic rings. The van der Waals surface area contributed by atoms with E-state index in [4.69, 9.17) is 32.4 Å². The third-order valence-corrected chi connectivity index (χ3v) is 5.04. The minimum Gasteiger partial charge on any atom is -0.497 e. The van der Waals surface area contributed by atoms with E-state index >= 15 is 0 Å². The van der Waals surface area contributed by atoms with Crippen LogP contribution in [0.3, 0.4) is 0 Å². The van der Waals surface area contributed by atoms with Crippen LogP contribution in [0.4, 0.5) is 5.69 Å². The predicted molar refractivity (Wildman–Crippen MR) is 136 cm³/mol. The fourth-order valence-electron chi connectivity index (χ4n) is 2.83. The zero-order chi connectivity index (χ0) is 26.8. The van der Waals surface area contributed by atoms with E-state index in [0.717, 1.165) is 5.56 Å². The van der Waals surface area contributed by atoms with Crippen LogP contribution in [0.15, 0.2) is 64.1 Å². The quantitative estimate of drug-likeness (QED) is 0.194. The lowest BCUT2D eigenvalue weighted by Crippen LogP contribution is -2.37. The number of nitrogens with one attached hydrogen (secondary N) is 4. The molecule has 13 heteroatoms. The van der Waals surface area contributed by atoms with Gasteiger partial charge in [-0.15, -0.1) is 0 Å². The van der Waals surface area contributed by atoms with Crippen molar-refractivity contribution in [2.24, 2.45) is 5.10 Å². The Balaban J connectivity index is 1.40. The smallest absolute Gasteiger partial charge is 0.329 e. The zero-order valence-electron chi connectivity index (χ0n) is 19.3. The lowest BCUT2D eigenvalue weighted by Gasteiger charge is -2.06. The molecule has 37 heavy (non-hydrogen) atoms. The second kappa shape index (κ2) is 13.1. The number of hydrogen-bond donors (Lipinski definition) is 4. The van der Waals surface area contributed by atoms with Crippen LogP contribution in [-0.4, -0.2) is 37.0 Å². The normalized spacial score (nSPS) is 10.6. The van der Waals surface area contributed by atoms with Gasteiger partial charge in [0, 0.05) is 22.3 Å². The Kier molecular flexibility index (Phi) is 9.64. The Labute approximate surface area is 221 Å². The summed E-state index contributed by atoms with van der Waals surface area (Å²) in [5.41, 5.74) is 3.14. The molecule has 0 aliphatic carbocycles. The molecule has 0 spiro atoms. The maximum atomic E-state index is 12.0. The molecular formula is C24H21Cl2N5O6. The van der Waals surface area contributed by atoms with Gasteiger partial charge in [0.15, 0.2) is 0 Å². The Hall–Kier alpha value is -4.35. The summed E-state index contributed by atoms with van der Waals surface area (Å²) in [6, 6.07) is 14.4. The molecule has 4 N–H and O–H groups in total. The average molecular weight is 546 g/mol. The van der Waals surface area contributed by atoms with Gasteiger partial charge in [-0.2, -0.15) is 5.10 Å². The van der Waals surface area contributed by atoms with Crippen LogP contribution in [0.1, 0.15) is 17.1 Å². The minimum atomic E-state index is -0.962. The third-order valence-electron chi connectivity index (χ3n) is 4.61. The largest absolute Gasteiger partial charge is 0.497 e. The standard InChI is InChI=1S/C24H21Cl2N5O6/c1-36-18-4-2-14(3-5-18)11-27-22(33)24(35)31-29-13-20-7-6-19(37-20)12-28-21(32)23(34)30-17-9-15(25)8-16(26)10-17/h2-10,13H,11-12H2,1H3,(H,27,33)(H,28,32)(H,30,34)(H,31,35)/b29-13+. The number of hydrazone groups is 1. The molecule has 4 amide bonds. The number of carbonyl (C=O) groups is 4. The molecule has 3 aromatic rings. The lowest BCUT2D eigenvalue weighted by atomic mass is 10.2. The summed E-state index contributed by atoms with van der Waals surface area (Å²) < 4.78 is 10.5. The number of carbonyl (C=O) groups excluding carboxylic acids is 4. The van der Waals surface area contributed by atoms with E-state index in [-0.39, 0.29) is 24.5 Å². The van der Waals surface area contributed by atoms with Gasteiger partial charge in [0.1, 0.15) is 17.3 Å². The molecule has 0 aliphatic heterocycles. The number of benzene rings is 2. The number of anilines is 1. The van der Waals surface area contributed by atoms with E-state index < -0.39 is 23.6 Å². The van der Waals surface area contributed by atoms with Gasteiger partial charge < -0.3 is 25.1 Å². The molecular weight excluding hydrogens is 525 g/mol. The highest BCUT2D eigenvalue weighted by molar-refractivity contribution is 6.40. The molecule has 1 aromatic heterocycles. The van der Waals surface area contributed by atoms with Crippen LogP contribution in [-0.2, 0) is 32.3 Å². The van der Waals surface area contributed by atoms with Gasteiger partial charge in [-0.05, 0) is 48.0 Å². The molecule has 0 saturated heterocycles. The van der Waals surface area contributed by atoms with E-state index in [1.807, 2.05) is 0 Å². The summed E-state index contributed by atoms with van der Waals surface area (Å²) in [5.74, 6) is -2.42. The Bertz CT molecular complexity index is 1300. The van der Waals surface area contributed by atoms with E-state index in [1.165, 1.54) is 30.5 Å². The van der Waals surface area contributed by atoms with Crippen LogP contribution in [0.2, 0.25) is 10.0 Å². The van der Waals surface area contributed by atoms with Gasteiger partial charge in [0.2, 0.25) is 0 Å². The summed E-state index contributed by atoms with van der Waals surface area (Å²) in [7, 11) is 1.55. The van der Waals surface area contributed by atoms with Gasteiger partial charge in [-0.1, -0.05) is 35.3 Å². The number of nitrogens with zero attached hydrogens (tertiary/aromatic N) is 1. The summed E-state index contributed by atoms with van der Waals surface area (Å²) in [6.45, 7) is 0.0641. The maximum absolute atomic E-state index is 12.0. The summed E-state index contributed by atoms with van der Waals surface area (Å²) in [4.78, 5) is 47.9. The summed E-state index contributed by atoms with van der Waals surface area (Å²) in [6.07, 6.45) is 1.18. The lowest BCUT2D eigenvalue weighted by molar-refractivity contribution is -0.139. The Morgan fingerprint density at radius 3 is 2.19 bits per heavy atom. The Morgan fingerprint density at radius 1 is 0.865 bits per heavy atom. The average Bonchev–Trinajstić information content (AvgIpc) is 3.33. The SMILES string of the molecule is COc1ccc(CNC(=O)C(=O)N/N=C/c2ccc(CNC(=O)C(=O)Nc3cc(Cl)cc(Cl)c3)o2)cc1. The van der Waals surface area contributed by atoms with Crippen molar-refractivity contribution in [3.8, 4) is 5.75 Å². The van der Waals surface area contributed by atoms with Gasteiger partial charge in [0.05, 0.1) is 19.9 Å². The monoisotopic (exact) mass is 545 g/mol. The first-order chi connectivity index (χ1) is 17.7. The van der Waals surface area contributed by atoms with Crippen molar-refractivity contribution in [3.05, 3.63) is 81.7 Å². The fourth-order valence-corrected chi connectivity index (χ4v) is 3.36. The number of ether oxygens (including phenoxy) is 1. The molecule has 0 saturated carbocycles. The second-order valence-corrected chi connectivity index (χ2v) is 8.20. The van der Waals surface area contributed by atoms with Crippen LogP contribution in [0.25, 0.3) is 0 Å². The van der Waals surface area contributed by atoms with Crippen LogP contribution < -0.4 is 26.1 Å². The van der Waals surface area contributed by atoms with Gasteiger partial charge in [-0.3, -0.25) is 19.2 Å². The van der Waals surface area contributed by atoms with Crippen LogP contribution in [0.5, 0.6) is 5.75 Å². The molecule has 2 aromatic carbocycles. The number of hydrogen-bond acceptors (Lipinski definition) is 7. The highest BCUT2D eigenvalue weighted by Crippen LogP contribution is 2.22. The van der Waals surface area contributed by atoms with Crippen molar-refractivity contribution in [1.29, 1.82) is 0 Å². The highest BCUT2D eigenvalue weighted by atomic mass is 35.5. The highest BCUT2D eigenvalue weighted by Gasteiger charge is 2.15. The summed E-state index contributed by atoms with van der Waals surface area (Å²) in [5, 5.41) is 11.5. The number of amides is 4. The molecule has 1 heterocycles. The van der Waals surface area contributed by atoms with Crippen molar-refractivity contribution >= 4 is 58.7 Å². The molecule has 0 atom stereocenters. The van der Waals surface area contributed by atoms with Crippen molar-refractivity contribution in [1.82, 2.24) is 16.1 Å². The maximum Gasteiger partial charge on any atom is 0.329 e. The van der Waals surface area contributed by atoms with Crippen molar-refractivity contribution < 1.29 is 28.3 Å². The Morgan fingerprint density at radius 2 is 1.51 bits per heavy atom. The molecule has 11 nitrogen and oxygen atoms in total. The van der Waals surface area contributed by atoms with Crippen molar-refractivity contribution in [2.75, 3.05) is 12.4 Å². The van der Waals surface area contributed by atoms with E-state index in [0.29, 0.717) is 21.6 Å². The first-order valence-corrected chi connectivity index (χ1v) is 11.4. The van der Waals surface area contributed by atoms with E-state index in [2.05, 4.69) is 26.5 Å². The number of halogens is 2. The number of rotatable bonds is 8. The predicted octanol–water partition coefficient (Wildman–Crippen LogP) is 2.62. The van der Waals surface area contributed by atoms with Crippen molar-refractivity contribution in [2.45, 2.75) is 13.1 Å². The molecule has 0 fully saturated rings. The topological polar surface area (TPSA) is 151 Å². The first kappa shape index (κ1) is 27.2. The van der Waals surface area contributed by atoms with Crippen LogP contribution in [0, 0.1) is 0 Å². The zero-order valence-corrected chi connectivity index (χ0v) is 20.9. The summed E-state index contributed by atoms with van der Waals surface area (Å²) >= 11 is 11.7. The molecule has 192 valence electrons. The van der Waals surface area contributed by atoms with Gasteiger partial charge >= 0.3 is 23.6 Å².